The molecular weight excluding hydrogens is 368 g/mol. The molecule has 1 aromatic carbocycles. The molecule has 2 unspecified atom stereocenters. The van der Waals surface area contributed by atoms with Gasteiger partial charge in [0.05, 0.1) is 17.3 Å². The standard InChI is InChI=1S/C21H24N6O2/c1-13-9-16(20(28)22-3)12-26(11-13)21(29)19-14(2)27(25-24-19)18-6-4-5-15-10-23-8-7-17(15)18/h4-8,10,13,16H,9,11-12H2,1-3H3,(H,22,28). The molecule has 8 heteroatoms. The van der Waals surface area contributed by atoms with Gasteiger partial charge in [-0.1, -0.05) is 24.3 Å². The molecule has 1 aliphatic rings. The summed E-state index contributed by atoms with van der Waals surface area (Å²) in [6.07, 6.45) is 4.31. The SMILES string of the molecule is CNC(=O)C1CC(C)CN(C(=O)c2nnn(-c3cccc4cnccc34)c2C)C1. The summed E-state index contributed by atoms with van der Waals surface area (Å²) < 4.78 is 1.69. The van der Waals surface area contributed by atoms with Gasteiger partial charge in [-0.05, 0) is 31.4 Å². The molecule has 0 saturated carbocycles. The third-order valence-corrected chi connectivity index (χ3v) is 5.55. The third kappa shape index (κ3) is 3.46. The number of aromatic nitrogens is 4. The largest absolute Gasteiger partial charge is 0.359 e. The van der Waals surface area contributed by atoms with Crippen molar-refractivity contribution in [2.45, 2.75) is 20.3 Å². The molecule has 2 aromatic heterocycles. The Labute approximate surface area is 168 Å². The van der Waals surface area contributed by atoms with Crippen LogP contribution in [0.15, 0.2) is 36.7 Å². The molecule has 0 bridgehead atoms. The van der Waals surface area contributed by atoms with Crippen molar-refractivity contribution >= 4 is 22.6 Å². The monoisotopic (exact) mass is 392 g/mol. The zero-order valence-corrected chi connectivity index (χ0v) is 16.8. The normalized spacial score (nSPS) is 19.3. The van der Waals surface area contributed by atoms with Gasteiger partial charge < -0.3 is 10.2 Å². The summed E-state index contributed by atoms with van der Waals surface area (Å²) in [5.74, 6) is -0.167. The molecule has 1 fully saturated rings. The number of nitrogens with zero attached hydrogens (tertiary/aromatic N) is 5. The molecule has 4 rings (SSSR count). The van der Waals surface area contributed by atoms with Gasteiger partial charge in [-0.3, -0.25) is 14.6 Å². The van der Waals surface area contributed by atoms with E-state index in [9.17, 15) is 9.59 Å². The van der Waals surface area contributed by atoms with E-state index < -0.39 is 0 Å². The molecule has 3 heterocycles. The Bertz CT molecular complexity index is 1070. The number of likely N-dealkylation sites (tertiary alicyclic amines) is 1. The fourth-order valence-corrected chi connectivity index (χ4v) is 4.11. The summed E-state index contributed by atoms with van der Waals surface area (Å²) >= 11 is 0. The van der Waals surface area contributed by atoms with Gasteiger partial charge in [-0.15, -0.1) is 5.10 Å². The summed E-state index contributed by atoms with van der Waals surface area (Å²) in [5.41, 5.74) is 1.85. The van der Waals surface area contributed by atoms with E-state index in [4.69, 9.17) is 0 Å². The number of pyridine rings is 1. The molecule has 2 atom stereocenters. The van der Waals surface area contributed by atoms with Crippen LogP contribution in [0.5, 0.6) is 0 Å². The number of nitrogens with one attached hydrogen (secondary N) is 1. The molecule has 1 saturated heterocycles. The van der Waals surface area contributed by atoms with Crippen molar-refractivity contribution in [3.05, 3.63) is 48.0 Å². The topological polar surface area (TPSA) is 93.0 Å². The van der Waals surface area contributed by atoms with Crippen molar-refractivity contribution < 1.29 is 9.59 Å². The van der Waals surface area contributed by atoms with Gasteiger partial charge in [0.2, 0.25) is 5.91 Å². The van der Waals surface area contributed by atoms with Gasteiger partial charge in [0.1, 0.15) is 0 Å². The lowest BCUT2D eigenvalue weighted by molar-refractivity contribution is -0.126. The molecular formula is C21H24N6O2. The highest BCUT2D eigenvalue weighted by Gasteiger charge is 2.33. The lowest BCUT2D eigenvalue weighted by Crippen LogP contribution is -2.47. The number of piperidine rings is 1. The van der Waals surface area contributed by atoms with Crippen LogP contribution in [0, 0.1) is 18.8 Å². The van der Waals surface area contributed by atoms with Gasteiger partial charge >= 0.3 is 0 Å². The zero-order chi connectivity index (χ0) is 20.5. The van der Waals surface area contributed by atoms with Crippen LogP contribution in [0.4, 0.5) is 0 Å². The number of fused-ring (bicyclic) bond motifs is 1. The van der Waals surface area contributed by atoms with Crippen molar-refractivity contribution in [3.63, 3.8) is 0 Å². The number of benzene rings is 1. The van der Waals surface area contributed by atoms with Crippen LogP contribution in [0.1, 0.15) is 29.5 Å². The van der Waals surface area contributed by atoms with E-state index >= 15 is 0 Å². The number of carbonyl (C=O) groups excluding carboxylic acids is 2. The van der Waals surface area contributed by atoms with E-state index in [-0.39, 0.29) is 23.7 Å². The van der Waals surface area contributed by atoms with E-state index in [2.05, 4.69) is 27.5 Å². The maximum absolute atomic E-state index is 13.2. The Morgan fingerprint density at radius 3 is 2.83 bits per heavy atom. The van der Waals surface area contributed by atoms with Gasteiger partial charge in [0, 0.05) is 43.3 Å². The van der Waals surface area contributed by atoms with Gasteiger partial charge in [0.25, 0.3) is 5.91 Å². The fraction of sp³-hybridized carbons (Fsp3) is 0.381. The highest BCUT2D eigenvalue weighted by atomic mass is 16.2. The van der Waals surface area contributed by atoms with Gasteiger partial charge in [0.15, 0.2) is 5.69 Å². The average Bonchev–Trinajstić information content (AvgIpc) is 3.12. The summed E-state index contributed by atoms with van der Waals surface area (Å²) in [6.45, 7) is 4.91. The van der Waals surface area contributed by atoms with Crippen LogP contribution in [-0.4, -0.2) is 56.8 Å². The Kier molecular flexibility index (Phi) is 5.00. The average molecular weight is 392 g/mol. The molecule has 0 spiro atoms. The predicted molar refractivity (Wildman–Crippen MR) is 109 cm³/mol. The molecule has 150 valence electrons. The first-order valence-electron chi connectivity index (χ1n) is 9.76. The van der Waals surface area contributed by atoms with Crippen LogP contribution in [0.2, 0.25) is 0 Å². The molecule has 0 aliphatic carbocycles. The Hall–Kier alpha value is -3.29. The summed E-state index contributed by atoms with van der Waals surface area (Å²) in [6, 6.07) is 7.79. The van der Waals surface area contributed by atoms with Crippen molar-refractivity contribution in [2.75, 3.05) is 20.1 Å². The fourth-order valence-electron chi connectivity index (χ4n) is 4.11. The van der Waals surface area contributed by atoms with Crippen molar-refractivity contribution in [2.24, 2.45) is 11.8 Å². The lowest BCUT2D eigenvalue weighted by atomic mass is 9.89. The molecule has 29 heavy (non-hydrogen) atoms. The second-order valence-corrected chi connectivity index (χ2v) is 7.67. The minimum atomic E-state index is -0.200. The number of hydrogen-bond acceptors (Lipinski definition) is 5. The first kappa shape index (κ1) is 19.0. The number of carbonyl (C=O) groups is 2. The third-order valence-electron chi connectivity index (χ3n) is 5.55. The minimum Gasteiger partial charge on any atom is -0.359 e. The highest BCUT2D eigenvalue weighted by Crippen LogP contribution is 2.25. The maximum atomic E-state index is 13.2. The van der Waals surface area contributed by atoms with E-state index in [1.165, 1.54) is 0 Å². The van der Waals surface area contributed by atoms with Gasteiger partial charge in [-0.25, -0.2) is 4.68 Å². The van der Waals surface area contributed by atoms with Crippen molar-refractivity contribution in [3.8, 4) is 5.69 Å². The first-order valence-corrected chi connectivity index (χ1v) is 9.76. The van der Waals surface area contributed by atoms with E-state index in [1.54, 1.807) is 29.0 Å². The highest BCUT2D eigenvalue weighted by molar-refractivity contribution is 5.94. The maximum Gasteiger partial charge on any atom is 0.276 e. The molecule has 0 radical (unpaired) electrons. The number of amides is 2. The smallest absolute Gasteiger partial charge is 0.276 e. The molecule has 8 nitrogen and oxygen atoms in total. The minimum absolute atomic E-state index is 0.0286. The summed E-state index contributed by atoms with van der Waals surface area (Å²) in [7, 11) is 1.63. The van der Waals surface area contributed by atoms with E-state index in [0.29, 0.717) is 24.5 Å². The van der Waals surface area contributed by atoms with Crippen molar-refractivity contribution in [1.82, 2.24) is 30.2 Å². The molecule has 1 N–H and O–H groups in total. The quantitative estimate of drug-likeness (QED) is 0.736. The van der Waals surface area contributed by atoms with Crippen LogP contribution in [0.3, 0.4) is 0 Å². The Morgan fingerprint density at radius 2 is 2.03 bits per heavy atom. The van der Waals surface area contributed by atoms with Gasteiger partial charge in [-0.2, -0.15) is 0 Å². The summed E-state index contributed by atoms with van der Waals surface area (Å²) in [4.78, 5) is 31.2. The second kappa shape index (κ2) is 7.62. The molecule has 3 aromatic rings. The molecule has 1 aliphatic heterocycles. The van der Waals surface area contributed by atoms with Crippen molar-refractivity contribution in [1.29, 1.82) is 0 Å². The zero-order valence-electron chi connectivity index (χ0n) is 16.8. The van der Waals surface area contributed by atoms with Crippen LogP contribution >= 0.6 is 0 Å². The van der Waals surface area contributed by atoms with Crippen LogP contribution < -0.4 is 5.32 Å². The predicted octanol–water partition coefficient (Wildman–Crippen LogP) is 1.97. The number of hydrogen-bond donors (Lipinski definition) is 1. The number of rotatable bonds is 3. The van der Waals surface area contributed by atoms with E-state index in [0.717, 1.165) is 22.9 Å². The van der Waals surface area contributed by atoms with Crippen LogP contribution in [-0.2, 0) is 4.79 Å². The summed E-state index contributed by atoms with van der Waals surface area (Å²) in [5, 5.41) is 13.1. The first-order chi connectivity index (χ1) is 14.0. The Morgan fingerprint density at radius 1 is 1.21 bits per heavy atom. The second-order valence-electron chi connectivity index (χ2n) is 7.67. The molecule has 2 amide bonds. The lowest BCUT2D eigenvalue weighted by Gasteiger charge is -2.35. The Balaban J connectivity index is 1.66. The van der Waals surface area contributed by atoms with E-state index in [1.807, 2.05) is 31.2 Å². The van der Waals surface area contributed by atoms with Crippen LogP contribution in [0.25, 0.3) is 16.5 Å².